The lowest BCUT2D eigenvalue weighted by molar-refractivity contribution is 0.339. The Morgan fingerprint density at radius 1 is 1.10 bits per heavy atom. The maximum atomic E-state index is 14.6. The van der Waals surface area contributed by atoms with Gasteiger partial charge in [-0.1, -0.05) is 32.4 Å². The van der Waals surface area contributed by atoms with Gasteiger partial charge in [0.1, 0.15) is 22.2 Å². The number of anilines is 1. The second-order valence-corrected chi connectivity index (χ2v) is 5.98. The number of benzene rings is 1. The third-order valence-electron chi connectivity index (χ3n) is 3.05. The van der Waals surface area contributed by atoms with Gasteiger partial charge in [-0.2, -0.15) is 0 Å². The summed E-state index contributed by atoms with van der Waals surface area (Å²) in [5.74, 6) is -0.228. The van der Waals surface area contributed by atoms with Crippen molar-refractivity contribution in [2.24, 2.45) is 0 Å². The first kappa shape index (κ1) is 15.6. The van der Waals surface area contributed by atoms with Crippen LogP contribution in [0, 0.1) is 5.82 Å². The van der Waals surface area contributed by atoms with Crippen molar-refractivity contribution in [2.45, 2.75) is 26.2 Å². The average molecular weight is 314 g/mol. The van der Waals surface area contributed by atoms with Crippen LogP contribution in [0.2, 0.25) is 5.02 Å². The zero-order valence-corrected chi connectivity index (χ0v) is 13.3. The highest BCUT2D eigenvalue weighted by molar-refractivity contribution is 6.37. The molecule has 114 valence electrons. The van der Waals surface area contributed by atoms with E-state index in [-0.39, 0.29) is 38.7 Å². The van der Waals surface area contributed by atoms with Crippen molar-refractivity contribution in [1.29, 1.82) is 0 Å². The Labute approximate surface area is 127 Å². The lowest BCUT2D eigenvalue weighted by Crippen LogP contribution is -2.17. The number of methoxy groups -OCH3 is 2. The van der Waals surface area contributed by atoms with Crippen LogP contribution in [0.5, 0.6) is 11.5 Å². The molecule has 0 saturated carbocycles. The van der Waals surface area contributed by atoms with Gasteiger partial charge in [-0.15, -0.1) is 0 Å². The molecule has 0 aliphatic rings. The number of rotatable bonds is 2. The summed E-state index contributed by atoms with van der Waals surface area (Å²) in [4.78, 5) is 8.53. The Hall–Kier alpha value is -1.82. The molecular formula is C14H17ClFN3O2. The van der Waals surface area contributed by atoms with Gasteiger partial charge in [-0.3, -0.25) is 0 Å². The minimum absolute atomic E-state index is 0.0188. The fraction of sp³-hybridized carbons (Fsp3) is 0.429. The van der Waals surface area contributed by atoms with Crippen molar-refractivity contribution in [3.05, 3.63) is 16.7 Å². The molecule has 0 aliphatic heterocycles. The minimum Gasteiger partial charge on any atom is -0.491 e. The molecule has 0 amide bonds. The summed E-state index contributed by atoms with van der Waals surface area (Å²) in [6, 6.07) is 0. The van der Waals surface area contributed by atoms with Crippen LogP contribution in [0.15, 0.2) is 0 Å². The zero-order chi connectivity index (χ0) is 15.9. The zero-order valence-electron chi connectivity index (χ0n) is 12.5. The molecule has 0 unspecified atom stereocenters. The number of hydrogen-bond donors (Lipinski definition) is 1. The highest BCUT2D eigenvalue weighted by Gasteiger charge is 2.26. The molecule has 0 spiro atoms. The van der Waals surface area contributed by atoms with E-state index >= 15 is 0 Å². The monoisotopic (exact) mass is 313 g/mol. The SMILES string of the molecule is COc1c(OC)c(F)c2c(N)nc(C(C)(C)C)nc2c1Cl. The summed E-state index contributed by atoms with van der Waals surface area (Å²) in [7, 11) is 2.70. The Balaban J connectivity index is 2.97. The molecule has 2 rings (SSSR count). The van der Waals surface area contributed by atoms with Gasteiger partial charge in [0.05, 0.1) is 19.6 Å². The number of nitrogen functional groups attached to an aromatic ring is 1. The summed E-state index contributed by atoms with van der Waals surface area (Å²) in [6.45, 7) is 5.79. The van der Waals surface area contributed by atoms with E-state index in [1.807, 2.05) is 20.8 Å². The van der Waals surface area contributed by atoms with Crippen LogP contribution in [0.3, 0.4) is 0 Å². The molecule has 0 saturated heterocycles. The summed E-state index contributed by atoms with van der Waals surface area (Å²) >= 11 is 6.27. The van der Waals surface area contributed by atoms with E-state index in [4.69, 9.17) is 26.8 Å². The highest BCUT2D eigenvalue weighted by atomic mass is 35.5. The van der Waals surface area contributed by atoms with E-state index in [1.165, 1.54) is 14.2 Å². The number of nitrogens with two attached hydrogens (primary N) is 1. The maximum Gasteiger partial charge on any atom is 0.199 e. The van der Waals surface area contributed by atoms with Gasteiger partial charge in [0.15, 0.2) is 17.3 Å². The van der Waals surface area contributed by atoms with Crippen LogP contribution >= 0.6 is 11.6 Å². The predicted molar refractivity (Wildman–Crippen MR) is 80.7 cm³/mol. The lowest BCUT2D eigenvalue weighted by atomic mass is 9.95. The Morgan fingerprint density at radius 3 is 2.14 bits per heavy atom. The fourth-order valence-electron chi connectivity index (χ4n) is 1.97. The number of fused-ring (bicyclic) bond motifs is 1. The summed E-state index contributed by atoms with van der Waals surface area (Å²) < 4.78 is 24.7. The van der Waals surface area contributed by atoms with E-state index in [9.17, 15) is 4.39 Å². The van der Waals surface area contributed by atoms with Gasteiger partial charge < -0.3 is 15.2 Å². The van der Waals surface area contributed by atoms with E-state index in [2.05, 4.69) is 9.97 Å². The number of aromatic nitrogens is 2. The molecule has 0 bridgehead atoms. The number of ether oxygens (including phenoxy) is 2. The molecular weight excluding hydrogens is 297 g/mol. The van der Waals surface area contributed by atoms with Crippen molar-refractivity contribution in [3.63, 3.8) is 0 Å². The van der Waals surface area contributed by atoms with Gasteiger partial charge in [-0.05, 0) is 0 Å². The molecule has 0 atom stereocenters. The van der Waals surface area contributed by atoms with E-state index < -0.39 is 5.82 Å². The number of hydrogen-bond acceptors (Lipinski definition) is 5. The first-order chi connectivity index (χ1) is 9.72. The van der Waals surface area contributed by atoms with Gasteiger partial charge in [0.25, 0.3) is 0 Å². The van der Waals surface area contributed by atoms with Gasteiger partial charge >= 0.3 is 0 Å². The number of nitrogens with zero attached hydrogens (tertiary/aromatic N) is 2. The molecule has 7 heteroatoms. The summed E-state index contributed by atoms with van der Waals surface area (Å²) in [5.41, 5.74) is 5.75. The van der Waals surface area contributed by atoms with E-state index in [1.54, 1.807) is 0 Å². The third kappa shape index (κ3) is 2.44. The van der Waals surface area contributed by atoms with E-state index in [0.29, 0.717) is 5.82 Å². The third-order valence-corrected chi connectivity index (χ3v) is 3.40. The first-order valence-corrected chi connectivity index (χ1v) is 6.66. The van der Waals surface area contributed by atoms with Crippen molar-refractivity contribution < 1.29 is 13.9 Å². The van der Waals surface area contributed by atoms with E-state index in [0.717, 1.165) is 0 Å². The van der Waals surface area contributed by atoms with Crippen molar-refractivity contribution >= 4 is 28.3 Å². The molecule has 1 aromatic heterocycles. The Morgan fingerprint density at radius 2 is 1.67 bits per heavy atom. The van der Waals surface area contributed by atoms with Crippen LogP contribution in [-0.2, 0) is 5.41 Å². The Bertz CT molecular complexity index is 714. The first-order valence-electron chi connectivity index (χ1n) is 6.29. The van der Waals surface area contributed by atoms with Crippen LogP contribution in [0.1, 0.15) is 26.6 Å². The quantitative estimate of drug-likeness (QED) is 0.921. The van der Waals surface area contributed by atoms with Crippen LogP contribution in [0.4, 0.5) is 10.2 Å². The largest absolute Gasteiger partial charge is 0.491 e. The van der Waals surface area contributed by atoms with Crippen LogP contribution < -0.4 is 15.2 Å². The van der Waals surface area contributed by atoms with Crippen LogP contribution in [0.25, 0.3) is 10.9 Å². The summed E-state index contributed by atoms with van der Waals surface area (Å²) in [6.07, 6.45) is 0. The van der Waals surface area contributed by atoms with Crippen molar-refractivity contribution in [2.75, 3.05) is 20.0 Å². The molecule has 2 aromatic rings. The van der Waals surface area contributed by atoms with Crippen molar-refractivity contribution in [3.8, 4) is 11.5 Å². The molecule has 0 radical (unpaired) electrons. The standard InChI is InChI=1S/C14H17ClFN3O2/c1-14(2,3)13-18-9-6(12(17)19-13)8(16)11(21-5)10(20-4)7(9)15/h1-5H3,(H2,17,18,19). The fourth-order valence-corrected chi connectivity index (χ4v) is 2.27. The molecule has 1 aromatic carbocycles. The lowest BCUT2D eigenvalue weighted by Gasteiger charge is -2.19. The predicted octanol–water partition coefficient (Wildman–Crippen LogP) is 3.32. The second-order valence-electron chi connectivity index (χ2n) is 5.60. The summed E-state index contributed by atoms with van der Waals surface area (Å²) in [5, 5.41) is 0.177. The van der Waals surface area contributed by atoms with Crippen molar-refractivity contribution in [1.82, 2.24) is 9.97 Å². The maximum absolute atomic E-state index is 14.6. The smallest absolute Gasteiger partial charge is 0.199 e. The molecule has 21 heavy (non-hydrogen) atoms. The average Bonchev–Trinajstić information content (AvgIpc) is 2.40. The molecule has 0 fully saturated rings. The van der Waals surface area contributed by atoms with Gasteiger partial charge in [-0.25, -0.2) is 14.4 Å². The topological polar surface area (TPSA) is 70.3 Å². The highest BCUT2D eigenvalue weighted by Crippen LogP contribution is 2.44. The normalized spacial score (nSPS) is 11.8. The van der Waals surface area contributed by atoms with Gasteiger partial charge in [0.2, 0.25) is 0 Å². The molecule has 5 nitrogen and oxygen atoms in total. The molecule has 2 N–H and O–H groups in total. The molecule has 1 heterocycles. The van der Waals surface area contributed by atoms with Gasteiger partial charge in [0, 0.05) is 5.41 Å². The minimum atomic E-state index is -0.688. The molecule has 0 aliphatic carbocycles. The second kappa shape index (κ2) is 5.18. The number of halogens is 2. The van der Waals surface area contributed by atoms with Crippen LogP contribution in [-0.4, -0.2) is 24.2 Å². The Kier molecular flexibility index (Phi) is 3.84.